The molecule has 0 aromatic carbocycles. The number of piperazine rings is 1. The molecule has 1 heterocycles. The third kappa shape index (κ3) is 3.80. The molecule has 0 spiro atoms. The van der Waals surface area contributed by atoms with Gasteiger partial charge in [-0.25, -0.2) is 0 Å². The second-order valence-corrected chi connectivity index (χ2v) is 6.48. The van der Waals surface area contributed by atoms with E-state index in [4.69, 9.17) is 5.11 Å². The van der Waals surface area contributed by atoms with E-state index in [-0.39, 0.29) is 6.61 Å². The Kier molecular flexibility index (Phi) is 5.43. The van der Waals surface area contributed by atoms with Crippen LogP contribution in [0.4, 0.5) is 0 Å². The Bertz CT molecular complexity index is 316. The van der Waals surface area contributed by atoms with E-state index in [0.717, 1.165) is 38.0 Å². The minimum Gasteiger partial charge on any atom is -0.395 e. The number of β-amino-alcohol motifs (C(OH)–C–C–N with tert-alkyl or cyclic N) is 1. The average Bonchev–Trinajstić information content (AvgIpc) is 2.37. The summed E-state index contributed by atoms with van der Waals surface area (Å²) in [7, 11) is 0. The lowest BCUT2D eigenvalue weighted by molar-refractivity contribution is 0.0575. The van der Waals surface area contributed by atoms with Crippen molar-refractivity contribution in [2.24, 2.45) is 11.8 Å². The summed E-state index contributed by atoms with van der Waals surface area (Å²) in [5, 5.41) is 9.07. The van der Waals surface area contributed by atoms with E-state index in [1.54, 1.807) is 5.57 Å². The molecule has 19 heavy (non-hydrogen) atoms. The van der Waals surface area contributed by atoms with Gasteiger partial charge in [0.2, 0.25) is 0 Å². The van der Waals surface area contributed by atoms with Crippen LogP contribution >= 0.6 is 0 Å². The fourth-order valence-electron chi connectivity index (χ4n) is 3.67. The predicted molar refractivity (Wildman–Crippen MR) is 80.2 cm³/mol. The van der Waals surface area contributed by atoms with Crippen molar-refractivity contribution in [3.63, 3.8) is 0 Å². The van der Waals surface area contributed by atoms with E-state index in [2.05, 4.69) is 36.6 Å². The van der Waals surface area contributed by atoms with Crippen molar-refractivity contribution in [2.75, 3.05) is 39.3 Å². The Labute approximate surface area is 118 Å². The maximum Gasteiger partial charge on any atom is 0.0558 e. The lowest BCUT2D eigenvalue weighted by Gasteiger charge is -2.42. The zero-order valence-electron chi connectivity index (χ0n) is 12.8. The Balaban J connectivity index is 1.87. The highest BCUT2D eigenvalue weighted by Gasteiger charge is 2.28. The van der Waals surface area contributed by atoms with Crippen LogP contribution in [0.25, 0.3) is 0 Å². The Morgan fingerprint density at radius 2 is 2.11 bits per heavy atom. The summed E-state index contributed by atoms with van der Waals surface area (Å²) in [6.45, 7) is 12.7. The molecule has 3 atom stereocenters. The van der Waals surface area contributed by atoms with Crippen molar-refractivity contribution < 1.29 is 5.11 Å². The van der Waals surface area contributed by atoms with E-state index >= 15 is 0 Å². The molecule has 0 amide bonds. The zero-order chi connectivity index (χ0) is 13.8. The molecular formula is C16H30N2O. The van der Waals surface area contributed by atoms with Gasteiger partial charge >= 0.3 is 0 Å². The second kappa shape index (κ2) is 6.87. The van der Waals surface area contributed by atoms with Gasteiger partial charge in [-0.1, -0.05) is 18.6 Å². The number of allylic oxidation sites excluding steroid dienone is 1. The number of rotatable bonds is 4. The van der Waals surface area contributed by atoms with Crippen molar-refractivity contribution in [1.29, 1.82) is 0 Å². The molecule has 2 rings (SSSR count). The van der Waals surface area contributed by atoms with Crippen LogP contribution < -0.4 is 0 Å². The standard InChI is InChI=1S/C16H30N2O/c1-13-5-4-6-14(2)16(13)12-17-7-8-18(9-10-19)15(3)11-17/h5,14-16,19H,4,6-12H2,1-3H3/t14-,15-,16+/m0/s1. The van der Waals surface area contributed by atoms with Gasteiger partial charge in [-0.2, -0.15) is 0 Å². The van der Waals surface area contributed by atoms with Gasteiger partial charge in [0.1, 0.15) is 0 Å². The molecule has 0 saturated carbocycles. The van der Waals surface area contributed by atoms with E-state index in [1.165, 1.54) is 19.4 Å². The lowest BCUT2D eigenvalue weighted by Crippen LogP contribution is -2.53. The molecule has 1 fully saturated rings. The number of aliphatic hydroxyl groups is 1. The number of nitrogens with zero attached hydrogens (tertiary/aromatic N) is 2. The first-order valence-corrected chi connectivity index (χ1v) is 7.85. The van der Waals surface area contributed by atoms with Crippen molar-refractivity contribution in [1.82, 2.24) is 9.80 Å². The van der Waals surface area contributed by atoms with Crippen molar-refractivity contribution in [3.8, 4) is 0 Å². The highest BCUT2D eigenvalue weighted by molar-refractivity contribution is 5.09. The third-order valence-electron chi connectivity index (χ3n) is 5.05. The molecular weight excluding hydrogens is 236 g/mol. The molecule has 3 nitrogen and oxygen atoms in total. The molecule has 0 unspecified atom stereocenters. The first-order valence-electron chi connectivity index (χ1n) is 7.85. The molecule has 0 aromatic heterocycles. The van der Waals surface area contributed by atoms with E-state index in [1.807, 2.05) is 0 Å². The van der Waals surface area contributed by atoms with Gasteiger partial charge in [-0.3, -0.25) is 9.80 Å². The van der Waals surface area contributed by atoms with Crippen LogP contribution in [0.1, 0.15) is 33.6 Å². The van der Waals surface area contributed by atoms with Crippen LogP contribution in [-0.4, -0.2) is 60.3 Å². The summed E-state index contributed by atoms with van der Waals surface area (Å²) in [5.41, 5.74) is 1.60. The van der Waals surface area contributed by atoms with Crippen LogP contribution in [0.5, 0.6) is 0 Å². The summed E-state index contributed by atoms with van der Waals surface area (Å²) in [4.78, 5) is 5.03. The molecule has 0 radical (unpaired) electrons. The van der Waals surface area contributed by atoms with E-state index in [0.29, 0.717) is 6.04 Å². The monoisotopic (exact) mass is 266 g/mol. The van der Waals surface area contributed by atoms with Gasteiger partial charge in [-0.05, 0) is 38.5 Å². The molecule has 3 heteroatoms. The summed E-state index contributed by atoms with van der Waals surface area (Å²) in [6, 6.07) is 0.573. The number of hydrogen-bond acceptors (Lipinski definition) is 3. The summed E-state index contributed by atoms with van der Waals surface area (Å²) in [6.07, 6.45) is 5.06. The van der Waals surface area contributed by atoms with Crippen LogP contribution in [0.3, 0.4) is 0 Å². The van der Waals surface area contributed by atoms with Crippen LogP contribution in [-0.2, 0) is 0 Å². The normalized spacial score (nSPS) is 34.3. The topological polar surface area (TPSA) is 26.7 Å². The highest BCUT2D eigenvalue weighted by Crippen LogP contribution is 2.31. The Morgan fingerprint density at radius 1 is 1.32 bits per heavy atom. The minimum absolute atomic E-state index is 0.284. The first kappa shape index (κ1) is 15.0. The summed E-state index contributed by atoms with van der Waals surface area (Å²) in [5.74, 6) is 1.58. The van der Waals surface area contributed by atoms with Crippen LogP contribution in [0.15, 0.2) is 11.6 Å². The molecule has 2 aliphatic rings. The fourth-order valence-corrected chi connectivity index (χ4v) is 3.67. The van der Waals surface area contributed by atoms with Crippen molar-refractivity contribution >= 4 is 0 Å². The molecule has 0 bridgehead atoms. The molecule has 1 aliphatic heterocycles. The molecule has 110 valence electrons. The minimum atomic E-state index is 0.284. The lowest BCUT2D eigenvalue weighted by atomic mass is 9.79. The quantitative estimate of drug-likeness (QED) is 0.788. The fraction of sp³-hybridized carbons (Fsp3) is 0.875. The Hall–Kier alpha value is -0.380. The highest BCUT2D eigenvalue weighted by atomic mass is 16.3. The predicted octanol–water partition coefficient (Wildman–Crippen LogP) is 1.98. The summed E-state index contributed by atoms with van der Waals surface area (Å²) >= 11 is 0. The van der Waals surface area contributed by atoms with Gasteiger partial charge in [0.15, 0.2) is 0 Å². The maximum absolute atomic E-state index is 9.07. The van der Waals surface area contributed by atoms with Gasteiger partial charge < -0.3 is 5.11 Å². The van der Waals surface area contributed by atoms with Crippen molar-refractivity contribution in [3.05, 3.63) is 11.6 Å². The van der Waals surface area contributed by atoms with Gasteiger partial charge in [-0.15, -0.1) is 0 Å². The second-order valence-electron chi connectivity index (χ2n) is 6.48. The first-order chi connectivity index (χ1) is 9.11. The van der Waals surface area contributed by atoms with Crippen molar-refractivity contribution in [2.45, 2.75) is 39.7 Å². The van der Waals surface area contributed by atoms with Gasteiger partial charge in [0.25, 0.3) is 0 Å². The average molecular weight is 266 g/mol. The van der Waals surface area contributed by atoms with Crippen LogP contribution in [0.2, 0.25) is 0 Å². The molecule has 1 N–H and O–H groups in total. The smallest absolute Gasteiger partial charge is 0.0558 e. The van der Waals surface area contributed by atoms with Gasteiger partial charge in [0.05, 0.1) is 6.61 Å². The van der Waals surface area contributed by atoms with Crippen LogP contribution in [0, 0.1) is 11.8 Å². The largest absolute Gasteiger partial charge is 0.395 e. The van der Waals surface area contributed by atoms with Gasteiger partial charge in [0, 0.05) is 38.8 Å². The molecule has 0 aromatic rings. The molecule has 1 saturated heterocycles. The maximum atomic E-state index is 9.07. The number of aliphatic hydroxyl groups excluding tert-OH is 1. The third-order valence-corrected chi connectivity index (χ3v) is 5.05. The summed E-state index contributed by atoms with van der Waals surface area (Å²) < 4.78 is 0. The number of hydrogen-bond donors (Lipinski definition) is 1. The zero-order valence-corrected chi connectivity index (χ0v) is 12.8. The van der Waals surface area contributed by atoms with E-state index < -0.39 is 0 Å². The Morgan fingerprint density at radius 3 is 2.74 bits per heavy atom. The molecule has 1 aliphatic carbocycles. The van der Waals surface area contributed by atoms with E-state index in [9.17, 15) is 0 Å². The SMILES string of the molecule is CC1=CCC[C@H](C)[C@@H]1CN1CCN(CCO)[C@@H](C)C1.